The van der Waals surface area contributed by atoms with Crippen molar-refractivity contribution >= 4 is 0 Å². The van der Waals surface area contributed by atoms with Crippen molar-refractivity contribution in [2.75, 3.05) is 26.7 Å². The Morgan fingerprint density at radius 1 is 1.04 bits per heavy atom. The molecule has 2 aromatic rings. The Bertz CT molecular complexity index is 767. The van der Waals surface area contributed by atoms with E-state index in [1.165, 1.54) is 12.1 Å². The van der Waals surface area contributed by atoms with Crippen LogP contribution in [0, 0.1) is 0 Å². The molecule has 28 heavy (non-hydrogen) atoms. The molecule has 0 amide bonds. The number of benzene rings is 2. The molecule has 0 radical (unpaired) electrons. The molecule has 0 saturated carbocycles. The molecule has 152 valence electrons. The van der Waals surface area contributed by atoms with E-state index in [0.717, 1.165) is 23.4 Å². The summed E-state index contributed by atoms with van der Waals surface area (Å²) in [6.07, 6.45) is -4.26. The number of rotatable bonds is 5. The van der Waals surface area contributed by atoms with Crippen LogP contribution in [0.3, 0.4) is 0 Å². The molecule has 0 bridgehead atoms. The number of nitrogens with zero attached hydrogens (tertiary/aromatic N) is 1. The molecular formula is C21H24F3NO3. The topological polar surface area (TPSA) is 52.9 Å². The van der Waals surface area contributed by atoms with Crippen LogP contribution >= 0.6 is 0 Å². The van der Waals surface area contributed by atoms with Crippen molar-refractivity contribution in [1.82, 2.24) is 4.90 Å². The Morgan fingerprint density at radius 3 is 2.11 bits per heavy atom. The summed E-state index contributed by atoms with van der Waals surface area (Å²) in [7, 11) is 1.58. The molecule has 0 unspecified atom stereocenters. The lowest BCUT2D eigenvalue weighted by molar-refractivity contribution is -0.137. The summed E-state index contributed by atoms with van der Waals surface area (Å²) < 4.78 is 43.2. The average molecular weight is 395 g/mol. The van der Waals surface area contributed by atoms with Crippen LogP contribution in [0.25, 0.3) is 0 Å². The lowest BCUT2D eigenvalue weighted by Crippen LogP contribution is -2.44. The number of halogens is 3. The van der Waals surface area contributed by atoms with Crippen molar-refractivity contribution in [3.05, 3.63) is 65.2 Å². The minimum absolute atomic E-state index is 0.397. The third-order valence-corrected chi connectivity index (χ3v) is 5.36. The highest BCUT2D eigenvalue weighted by Gasteiger charge is 2.36. The van der Waals surface area contributed by atoms with Gasteiger partial charge < -0.3 is 19.8 Å². The van der Waals surface area contributed by atoms with Crippen molar-refractivity contribution in [3.8, 4) is 5.75 Å². The minimum atomic E-state index is -4.39. The van der Waals surface area contributed by atoms with Crippen LogP contribution in [-0.2, 0) is 11.8 Å². The maximum atomic E-state index is 12.7. The largest absolute Gasteiger partial charge is 0.497 e. The fourth-order valence-corrected chi connectivity index (χ4v) is 3.54. The summed E-state index contributed by atoms with van der Waals surface area (Å²) in [6.45, 7) is 1.52. The van der Waals surface area contributed by atoms with Gasteiger partial charge in [0.15, 0.2) is 0 Å². The number of β-amino-alcohol motifs (C(OH)–C–C–N with tert-alkyl or cyclic N) is 1. The van der Waals surface area contributed by atoms with E-state index in [-0.39, 0.29) is 0 Å². The van der Waals surface area contributed by atoms with Gasteiger partial charge in [-0.1, -0.05) is 24.3 Å². The predicted octanol–water partition coefficient (Wildman–Crippen LogP) is 3.73. The van der Waals surface area contributed by atoms with Crippen molar-refractivity contribution in [3.63, 3.8) is 0 Å². The highest BCUT2D eigenvalue weighted by molar-refractivity contribution is 5.30. The third kappa shape index (κ3) is 4.66. The van der Waals surface area contributed by atoms with E-state index in [1.54, 1.807) is 19.2 Å². The maximum absolute atomic E-state index is 12.7. The molecule has 3 rings (SSSR count). The van der Waals surface area contributed by atoms with Gasteiger partial charge in [0.25, 0.3) is 0 Å². The normalized spacial score (nSPS) is 18.6. The van der Waals surface area contributed by atoms with Crippen molar-refractivity contribution < 1.29 is 28.1 Å². The molecule has 0 aliphatic carbocycles. The molecular weight excluding hydrogens is 371 g/mol. The van der Waals surface area contributed by atoms with Crippen LogP contribution in [-0.4, -0.2) is 41.9 Å². The number of hydrogen-bond donors (Lipinski definition) is 2. The van der Waals surface area contributed by atoms with E-state index in [0.29, 0.717) is 38.0 Å². The van der Waals surface area contributed by atoms with Crippen LogP contribution in [0.5, 0.6) is 5.75 Å². The molecule has 4 nitrogen and oxygen atoms in total. The van der Waals surface area contributed by atoms with Crippen molar-refractivity contribution in [2.45, 2.75) is 30.7 Å². The van der Waals surface area contributed by atoms with Crippen LogP contribution in [0.2, 0.25) is 0 Å². The molecule has 1 saturated heterocycles. The maximum Gasteiger partial charge on any atom is 0.416 e. The Morgan fingerprint density at radius 2 is 1.61 bits per heavy atom. The quantitative estimate of drug-likeness (QED) is 0.810. The summed E-state index contributed by atoms with van der Waals surface area (Å²) in [5.74, 6) is 0.718. The molecule has 1 fully saturated rings. The Hall–Kier alpha value is -2.09. The zero-order valence-electron chi connectivity index (χ0n) is 15.6. The number of likely N-dealkylation sites (tertiary alicyclic amines) is 1. The Kier molecular flexibility index (Phi) is 5.98. The van der Waals surface area contributed by atoms with E-state index in [2.05, 4.69) is 0 Å². The van der Waals surface area contributed by atoms with Gasteiger partial charge in [0.1, 0.15) is 5.75 Å². The van der Waals surface area contributed by atoms with Gasteiger partial charge in [-0.2, -0.15) is 13.2 Å². The number of ether oxygens (including phenoxy) is 1. The summed E-state index contributed by atoms with van der Waals surface area (Å²) in [4.78, 5) is 2.05. The first kappa shape index (κ1) is 20.6. The van der Waals surface area contributed by atoms with Crippen LogP contribution in [0.1, 0.15) is 35.6 Å². The number of aliphatic hydroxyl groups is 2. The second-order valence-corrected chi connectivity index (χ2v) is 7.20. The summed E-state index contributed by atoms with van der Waals surface area (Å²) >= 11 is 0. The van der Waals surface area contributed by atoms with Gasteiger partial charge in [0, 0.05) is 19.6 Å². The fraction of sp³-hybridized carbons (Fsp3) is 0.429. The van der Waals surface area contributed by atoms with E-state index in [4.69, 9.17) is 4.74 Å². The number of methoxy groups -OCH3 is 1. The fourth-order valence-electron chi connectivity index (χ4n) is 3.54. The molecule has 2 N–H and O–H groups in total. The first-order valence-electron chi connectivity index (χ1n) is 9.16. The lowest BCUT2D eigenvalue weighted by Gasteiger charge is -2.39. The first-order chi connectivity index (χ1) is 13.2. The van der Waals surface area contributed by atoms with Gasteiger partial charge in [-0.15, -0.1) is 0 Å². The zero-order chi connectivity index (χ0) is 20.4. The zero-order valence-corrected chi connectivity index (χ0v) is 15.6. The number of hydrogen-bond acceptors (Lipinski definition) is 4. The molecule has 0 spiro atoms. The predicted molar refractivity (Wildman–Crippen MR) is 99.0 cm³/mol. The van der Waals surface area contributed by atoms with E-state index in [1.807, 2.05) is 17.0 Å². The standard InChI is InChI=1S/C21H24F3NO3/c1-28-18-8-2-15(3-9-18)19(26)14-25-12-10-20(27,11-13-25)16-4-6-17(7-5-16)21(22,23)24/h2-9,19,26-27H,10-14H2,1H3/t19-/m0/s1. The number of alkyl halides is 3. The van der Waals surface area contributed by atoms with Crippen LogP contribution in [0.15, 0.2) is 48.5 Å². The number of aliphatic hydroxyl groups excluding tert-OH is 1. The second-order valence-electron chi connectivity index (χ2n) is 7.20. The van der Waals surface area contributed by atoms with E-state index < -0.39 is 23.4 Å². The van der Waals surface area contributed by atoms with Crippen LogP contribution < -0.4 is 4.74 Å². The van der Waals surface area contributed by atoms with E-state index in [9.17, 15) is 23.4 Å². The third-order valence-electron chi connectivity index (χ3n) is 5.36. The Labute approximate surface area is 162 Å². The van der Waals surface area contributed by atoms with Gasteiger partial charge in [-0.05, 0) is 48.2 Å². The molecule has 1 atom stereocenters. The lowest BCUT2D eigenvalue weighted by atomic mass is 9.84. The molecule has 7 heteroatoms. The highest BCUT2D eigenvalue weighted by Crippen LogP contribution is 2.36. The molecule has 1 aliphatic heterocycles. The number of piperidine rings is 1. The smallest absolute Gasteiger partial charge is 0.416 e. The van der Waals surface area contributed by atoms with Gasteiger partial charge in [0.05, 0.1) is 24.4 Å². The van der Waals surface area contributed by atoms with Crippen molar-refractivity contribution in [1.29, 1.82) is 0 Å². The SMILES string of the molecule is COc1ccc([C@@H](O)CN2CCC(O)(c3ccc(C(F)(F)F)cc3)CC2)cc1. The monoisotopic (exact) mass is 395 g/mol. The molecule has 2 aromatic carbocycles. The Balaban J connectivity index is 1.58. The van der Waals surface area contributed by atoms with Gasteiger partial charge in [-0.3, -0.25) is 0 Å². The average Bonchev–Trinajstić information content (AvgIpc) is 2.69. The summed E-state index contributed by atoms with van der Waals surface area (Å²) in [5, 5.41) is 21.3. The molecule has 1 heterocycles. The van der Waals surface area contributed by atoms with E-state index >= 15 is 0 Å². The first-order valence-corrected chi connectivity index (χ1v) is 9.16. The minimum Gasteiger partial charge on any atom is -0.497 e. The second kappa shape index (κ2) is 8.11. The molecule has 0 aromatic heterocycles. The summed E-state index contributed by atoms with van der Waals surface area (Å²) in [6, 6.07) is 11.9. The summed E-state index contributed by atoms with van der Waals surface area (Å²) in [5.41, 5.74) is -0.591. The van der Waals surface area contributed by atoms with Crippen LogP contribution in [0.4, 0.5) is 13.2 Å². The van der Waals surface area contributed by atoms with Gasteiger partial charge in [0.2, 0.25) is 0 Å². The van der Waals surface area contributed by atoms with Gasteiger partial charge >= 0.3 is 6.18 Å². The molecule has 1 aliphatic rings. The van der Waals surface area contributed by atoms with Gasteiger partial charge in [-0.25, -0.2) is 0 Å². The highest BCUT2D eigenvalue weighted by atomic mass is 19.4. The van der Waals surface area contributed by atoms with Crippen molar-refractivity contribution in [2.24, 2.45) is 0 Å².